The van der Waals surface area contributed by atoms with E-state index in [4.69, 9.17) is 58.0 Å². The maximum Gasteiger partial charge on any atom is 0.193 e. The van der Waals surface area contributed by atoms with Crippen LogP contribution in [0.15, 0.2) is 0 Å². The molecule has 58 valence electrons. The quantitative estimate of drug-likeness (QED) is 0.506. The van der Waals surface area contributed by atoms with Gasteiger partial charge < -0.3 is 0 Å². The molecule has 0 radical (unpaired) electrons. The van der Waals surface area contributed by atoms with Crippen molar-refractivity contribution in [2.24, 2.45) is 0 Å². The molecule has 0 aliphatic rings. The summed E-state index contributed by atoms with van der Waals surface area (Å²) in [5.74, 6) is 0. The summed E-state index contributed by atoms with van der Waals surface area (Å²) in [4.78, 5) is -0.609. The molecule has 0 aromatic heterocycles. The monoisotopic (exact) mass is 270 g/mol. The Morgan fingerprint density at radius 1 is 1.11 bits per heavy atom. The minimum Gasteiger partial charge on any atom is -0.105 e. The Labute approximate surface area is 89.6 Å². The van der Waals surface area contributed by atoms with Crippen molar-refractivity contribution in [3.63, 3.8) is 0 Å². The summed E-state index contributed by atoms with van der Waals surface area (Å²) >= 11 is 26.4. The van der Waals surface area contributed by atoms with E-state index in [-0.39, 0.29) is 23.5 Å². The minimum absolute atomic E-state index is 0. The molecular formula is C3H3Cl5Fe. The van der Waals surface area contributed by atoms with Gasteiger partial charge in [0.1, 0.15) is 4.84 Å². The van der Waals surface area contributed by atoms with Crippen LogP contribution in [0.3, 0.4) is 0 Å². The van der Waals surface area contributed by atoms with Crippen LogP contribution in [0, 0.1) is 0 Å². The molecule has 0 saturated carbocycles. The number of alkyl halides is 5. The second-order valence-corrected chi connectivity index (χ2v) is 5.00. The van der Waals surface area contributed by atoms with E-state index in [0.717, 1.165) is 0 Å². The summed E-state index contributed by atoms with van der Waals surface area (Å²) < 4.78 is -1.33. The second kappa shape index (κ2) is 5.60. The summed E-state index contributed by atoms with van der Waals surface area (Å²) in [6.45, 7) is 0. The van der Waals surface area contributed by atoms with Gasteiger partial charge in [-0.25, -0.2) is 0 Å². The van der Waals surface area contributed by atoms with Crippen molar-refractivity contribution >= 4 is 58.0 Å². The Morgan fingerprint density at radius 3 is 1.44 bits per heavy atom. The third-order valence-corrected chi connectivity index (χ3v) is 1.16. The SMILES string of the molecule is ClC(Cl)CC(Cl)(Cl)Cl.[Fe]. The maximum atomic E-state index is 5.29. The van der Waals surface area contributed by atoms with Crippen LogP contribution in [-0.2, 0) is 17.1 Å². The fourth-order valence-corrected chi connectivity index (χ4v) is 1.57. The van der Waals surface area contributed by atoms with E-state index in [2.05, 4.69) is 0 Å². The molecule has 0 fully saturated rings. The first-order chi connectivity index (χ1) is 3.42. The number of hydrogen-bond acceptors (Lipinski definition) is 0. The van der Waals surface area contributed by atoms with Gasteiger partial charge in [-0.15, -0.1) is 23.2 Å². The number of halogens is 5. The number of rotatable bonds is 1. The standard InChI is InChI=1S/C3H3Cl5.Fe/c4-2(5)1-3(6,7)8;/h2H,1H2;. The van der Waals surface area contributed by atoms with Crippen LogP contribution in [0.1, 0.15) is 6.42 Å². The van der Waals surface area contributed by atoms with E-state index in [1.54, 1.807) is 0 Å². The zero-order chi connectivity index (χ0) is 6.78. The Balaban J connectivity index is 0. The van der Waals surface area contributed by atoms with Gasteiger partial charge in [0.2, 0.25) is 0 Å². The van der Waals surface area contributed by atoms with Gasteiger partial charge in [0, 0.05) is 23.5 Å². The first kappa shape index (κ1) is 13.6. The molecule has 0 N–H and O–H groups in total. The maximum absolute atomic E-state index is 5.29. The second-order valence-electron chi connectivity index (χ2n) is 1.21. The normalized spacial score (nSPS) is 11.3. The van der Waals surface area contributed by atoms with E-state index in [1.165, 1.54) is 0 Å². The third kappa shape index (κ3) is 13.0. The Hall–Kier alpha value is 1.97. The summed E-state index contributed by atoms with van der Waals surface area (Å²) in [5, 5.41) is 0. The van der Waals surface area contributed by atoms with Crippen LogP contribution in [-0.4, -0.2) is 8.63 Å². The van der Waals surface area contributed by atoms with Gasteiger partial charge in [-0.1, -0.05) is 34.8 Å². The minimum atomic E-state index is -1.33. The molecule has 6 heteroatoms. The molecule has 0 aromatic carbocycles. The van der Waals surface area contributed by atoms with Crippen LogP contribution in [0.4, 0.5) is 0 Å². The molecule has 0 atom stereocenters. The fourth-order valence-electron chi connectivity index (χ4n) is 0.175. The van der Waals surface area contributed by atoms with Crippen molar-refractivity contribution in [3.05, 3.63) is 0 Å². The first-order valence-electron chi connectivity index (χ1n) is 1.77. The molecule has 0 saturated heterocycles. The Bertz CT molecular complexity index is 67.1. The van der Waals surface area contributed by atoms with Crippen LogP contribution < -0.4 is 0 Å². The van der Waals surface area contributed by atoms with Crippen molar-refractivity contribution in [2.45, 2.75) is 15.0 Å². The summed E-state index contributed by atoms with van der Waals surface area (Å²) in [6.07, 6.45) is 0.154. The van der Waals surface area contributed by atoms with Crippen molar-refractivity contribution in [2.75, 3.05) is 0 Å². The van der Waals surface area contributed by atoms with Crippen molar-refractivity contribution in [1.82, 2.24) is 0 Å². The molecule has 0 aromatic rings. The van der Waals surface area contributed by atoms with E-state index in [9.17, 15) is 0 Å². The van der Waals surface area contributed by atoms with E-state index >= 15 is 0 Å². The molecule has 0 aliphatic carbocycles. The van der Waals surface area contributed by atoms with E-state index in [0.29, 0.717) is 0 Å². The molecule has 0 unspecified atom stereocenters. The van der Waals surface area contributed by atoms with E-state index < -0.39 is 8.63 Å². The molecule has 0 nitrogen and oxygen atoms in total. The summed E-state index contributed by atoms with van der Waals surface area (Å²) in [5.41, 5.74) is 0. The summed E-state index contributed by atoms with van der Waals surface area (Å²) in [7, 11) is 0. The van der Waals surface area contributed by atoms with Gasteiger partial charge in [0.15, 0.2) is 3.79 Å². The van der Waals surface area contributed by atoms with Crippen LogP contribution in [0.5, 0.6) is 0 Å². The molecule has 0 bridgehead atoms. The van der Waals surface area contributed by atoms with Gasteiger partial charge in [-0.2, -0.15) is 0 Å². The first-order valence-corrected chi connectivity index (χ1v) is 3.77. The third-order valence-electron chi connectivity index (χ3n) is 0.386. The van der Waals surface area contributed by atoms with Gasteiger partial charge in [-0.3, -0.25) is 0 Å². The molecule has 0 amide bonds. The Morgan fingerprint density at radius 2 is 1.44 bits per heavy atom. The van der Waals surface area contributed by atoms with Crippen LogP contribution >= 0.6 is 58.0 Å². The predicted octanol–water partition coefficient (Wildman–Crippen LogP) is 3.55. The average Bonchev–Trinajstić information content (AvgIpc) is 1.21. The van der Waals surface area contributed by atoms with Crippen LogP contribution in [0.25, 0.3) is 0 Å². The molecule has 0 heterocycles. The predicted molar refractivity (Wildman–Crippen MR) is 40.4 cm³/mol. The largest absolute Gasteiger partial charge is 0.193 e. The van der Waals surface area contributed by atoms with E-state index in [1.807, 2.05) is 0 Å². The van der Waals surface area contributed by atoms with Gasteiger partial charge >= 0.3 is 0 Å². The zero-order valence-corrected chi connectivity index (χ0v) is 8.91. The topological polar surface area (TPSA) is 0 Å². The van der Waals surface area contributed by atoms with Crippen LogP contribution in [0.2, 0.25) is 0 Å². The van der Waals surface area contributed by atoms with Crippen molar-refractivity contribution < 1.29 is 17.1 Å². The molecule has 0 aliphatic heterocycles. The smallest absolute Gasteiger partial charge is 0.105 e. The molecule has 9 heavy (non-hydrogen) atoms. The molecular weight excluding hydrogens is 269 g/mol. The van der Waals surface area contributed by atoms with Crippen molar-refractivity contribution in [3.8, 4) is 0 Å². The molecule has 0 rings (SSSR count). The number of hydrogen-bond donors (Lipinski definition) is 0. The van der Waals surface area contributed by atoms with Gasteiger partial charge in [-0.05, 0) is 0 Å². The van der Waals surface area contributed by atoms with Crippen molar-refractivity contribution in [1.29, 1.82) is 0 Å². The van der Waals surface area contributed by atoms with Gasteiger partial charge in [0.25, 0.3) is 0 Å². The summed E-state index contributed by atoms with van der Waals surface area (Å²) in [6, 6.07) is 0. The average molecular weight is 272 g/mol. The fraction of sp³-hybridized carbons (Fsp3) is 1.00. The Kier molecular flexibility index (Phi) is 8.43. The van der Waals surface area contributed by atoms with Gasteiger partial charge in [0.05, 0.1) is 0 Å². The molecule has 0 spiro atoms. The zero-order valence-electron chi connectivity index (χ0n) is 4.03.